The maximum absolute atomic E-state index is 5.83. The third kappa shape index (κ3) is 4.36. The van der Waals surface area contributed by atoms with Crippen LogP contribution in [0.5, 0.6) is 0 Å². The first-order valence-corrected chi connectivity index (χ1v) is 8.67. The van der Waals surface area contributed by atoms with Crippen LogP contribution in [0.15, 0.2) is 35.4 Å². The first-order chi connectivity index (χ1) is 11.6. The van der Waals surface area contributed by atoms with Gasteiger partial charge in [-0.05, 0) is 38.8 Å². The van der Waals surface area contributed by atoms with Gasteiger partial charge in [0.2, 0.25) is 0 Å². The summed E-state index contributed by atoms with van der Waals surface area (Å²) in [5.41, 5.74) is 2.32. The zero-order valence-corrected chi connectivity index (χ0v) is 14.7. The fourth-order valence-corrected chi connectivity index (χ4v) is 3.23. The predicted octanol–water partition coefficient (Wildman–Crippen LogP) is 3.46. The predicted molar refractivity (Wildman–Crippen MR) is 93.7 cm³/mol. The topological polar surface area (TPSA) is 43.4 Å². The van der Waals surface area contributed by atoms with E-state index in [1.807, 2.05) is 23.7 Å². The molecule has 1 atom stereocenters. The molecule has 0 aromatic carbocycles. The molecule has 1 fully saturated rings. The highest BCUT2D eigenvalue weighted by molar-refractivity contribution is 5.16. The molecule has 0 saturated carbocycles. The molecular formula is C19H27N3O2. The number of aryl methyl sites for hydroxylation is 2. The van der Waals surface area contributed by atoms with Gasteiger partial charge in [0.1, 0.15) is 11.5 Å². The highest BCUT2D eigenvalue weighted by Crippen LogP contribution is 2.19. The van der Waals surface area contributed by atoms with Crippen LogP contribution >= 0.6 is 0 Å². The third-order valence-electron chi connectivity index (χ3n) is 4.42. The van der Waals surface area contributed by atoms with Gasteiger partial charge in [-0.1, -0.05) is 6.08 Å². The lowest BCUT2D eigenvalue weighted by Crippen LogP contribution is -2.31. The zero-order chi connectivity index (χ0) is 16.9. The smallest absolute Gasteiger partial charge is 0.118 e. The number of hydrogen-bond acceptors (Lipinski definition) is 4. The first-order valence-electron chi connectivity index (χ1n) is 8.67. The normalized spacial score (nSPS) is 17.7. The largest absolute Gasteiger partial charge is 0.465 e. The molecule has 0 amide bonds. The highest BCUT2D eigenvalue weighted by Gasteiger charge is 2.21. The van der Waals surface area contributed by atoms with Crippen LogP contribution in [0.4, 0.5) is 0 Å². The van der Waals surface area contributed by atoms with E-state index in [1.54, 1.807) is 0 Å². The molecule has 3 heterocycles. The van der Waals surface area contributed by atoms with E-state index in [-0.39, 0.29) is 0 Å². The second-order valence-electron chi connectivity index (χ2n) is 6.57. The Bertz CT molecular complexity index is 668. The van der Waals surface area contributed by atoms with Crippen molar-refractivity contribution in [2.24, 2.45) is 0 Å². The molecule has 5 heteroatoms. The standard InChI is InChI=1S/C19H27N3O2/c1-4-9-22-12-17(16(3)20-22)11-21(13-18-6-5-10-23-18)14-19-8-7-15(2)24-19/h4,7-8,12,18H,1,5-6,9-11,13-14H2,2-3H3. The minimum atomic E-state index is 0.324. The van der Waals surface area contributed by atoms with Crippen LogP contribution in [-0.2, 0) is 24.4 Å². The number of aromatic nitrogens is 2. The molecule has 130 valence electrons. The molecule has 1 aliphatic rings. The molecular weight excluding hydrogens is 302 g/mol. The number of furan rings is 1. The Kier molecular flexibility index (Phi) is 5.53. The lowest BCUT2D eigenvalue weighted by Gasteiger charge is -2.24. The van der Waals surface area contributed by atoms with Crippen molar-refractivity contribution in [3.8, 4) is 0 Å². The molecule has 1 unspecified atom stereocenters. The number of allylic oxidation sites excluding steroid dienone is 1. The van der Waals surface area contributed by atoms with Crippen molar-refractivity contribution in [3.63, 3.8) is 0 Å². The third-order valence-corrected chi connectivity index (χ3v) is 4.42. The SMILES string of the molecule is C=CCn1cc(CN(Cc2ccc(C)o2)CC2CCCO2)c(C)n1. The monoisotopic (exact) mass is 329 g/mol. The first kappa shape index (κ1) is 17.0. The summed E-state index contributed by atoms with van der Waals surface area (Å²) in [7, 11) is 0. The van der Waals surface area contributed by atoms with Crippen LogP contribution in [0, 0.1) is 13.8 Å². The number of rotatable bonds is 8. The van der Waals surface area contributed by atoms with Crippen molar-refractivity contribution in [2.45, 2.75) is 52.4 Å². The van der Waals surface area contributed by atoms with Gasteiger partial charge in [0.15, 0.2) is 0 Å². The van der Waals surface area contributed by atoms with E-state index in [0.29, 0.717) is 6.10 Å². The summed E-state index contributed by atoms with van der Waals surface area (Å²) in [6.07, 6.45) is 6.61. The Morgan fingerprint density at radius 1 is 1.38 bits per heavy atom. The summed E-state index contributed by atoms with van der Waals surface area (Å²) in [5, 5.41) is 4.56. The lowest BCUT2D eigenvalue weighted by molar-refractivity contribution is 0.0653. The molecule has 2 aromatic heterocycles. The Hall–Kier alpha value is -1.85. The van der Waals surface area contributed by atoms with E-state index in [2.05, 4.69) is 35.8 Å². The van der Waals surface area contributed by atoms with Crippen LogP contribution in [0.25, 0.3) is 0 Å². The van der Waals surface area contributed by atoms with Crippen molar-refractivity contribution in [1.29, 1.82) is 0 Å². The lowest BCUT2D eigenvalue weighted by atomic mass is 10.2. The van der Waals surface area contributed by atoms with Crippen LogP contribution in [0.3, 0.4) is 0 Å². The zero-order valence-electron chi connectivity index (χ0n) is 14.7. The van der Waals surface area contributed by atoms with Gasteiger partial charge in [-0.2, -0.15) is 5.10 Å². The highest BCUT2D eigenvalue weighted by atomic mass is 16.5. The van der Waals surface area contributed by atoms with Crippen molar-refractivity contribution >= 4 is 0 Å². The summed E-state index contributed by atoms with van der Waals surface area (Å²) >= 11 is 0. The van der Waals surface area contributed by atoms with Crippen LogP contribution in [0.2, 0.25) is 0 Å². The van der Waals surface area contributed by atoms with E-state index in [0.717, 1.165) is 62.8 Å². The van der Waals surface area contributed by atoms with Gasteiger partial charge in [-0.3, -0.25) is 9.58 Å². The quantitative estimate of drug-likeness (QED) is 0.696. The van der Waals surface area contributed by atoms with Crippen LogP contribution < -0.4 is 0 Å². The summed E-state index contributed by atoms with van der Waals surface area (Å²) < 4.78 is 13.5. The van der Waals surface area contributed by atoms with Gasteiger partial charge in [-0.25, -0.2) is 0 Å². The van der Waals surface area contributed by atoms with E-state index >= 15 is 0 Å². The van der Waals surface area contributed by atoms with Crippen molar-refractivity contribution in [2.75, 3.05) is 13.2 Å². The minimum Gasteiger partial charge on any atom is -0.465 e. The number of nitrogens with zero attached hydrogens (tertiary/aromatic N) is 3. The Balaban J connectivity index is 1.71. The molecule has 24 heavy (non-hydrogen) atoms. The van der Waals surface area contributed by atoms with Crippen molar-refractivity contribution in [3.05, 3.63) is 53.8 Å². The van der Waals surface area contributed by atoms with E-state index in [9.17, 15) is 0 Å². The van der Waals surface area contributed by atoms with Gasteiger partial charge in [0.05, 0.1) is 24.9 Å². The summed E-state index contributed by atoms with van der Waals surface area (Å²) in [6, 6.07) is 4.08. The van der Waals surface area contributed by atoms with Crippen LogP contribution in [0.1, 0.15) is 35.6 Å². The second-order valence-corrected chi connectivity index (χ2v) is 6.57. The van der Waals surface area contributed by atoms with E-state index in [1.165, 1.54) is 5.56 Å². The Morgan fingerprint density at radius 3 is 2.92 bits per heavy atom. The maximum Gasteiger partial charge on any atom is 0.118 e. The van der Waals surface area contributed by atoms with Gasteiger partial charge < -0.3 is 9.15 Å². The molecule has 0 radical (unpaired) electrons. The van der Waals surface area contributed by atoms with Crippen molar-refractivity contribution in [1.82, 2.24) is 14.7 Å². The molecule has 0 N–H and O–H groups in total. The maximum atomic E-state index is 5.83. The number of ether oxygens (including phenoxy) is 1. The van der Waals surface area contributed by atoms with Crippen LogP contribution in [-0.4, -0.2) is 33.9 Å². The van der Waals surface area contributed by atoms with Gasteiger partial charge >= 0.3 is 0 Å². The Morgan fingerprint density at radius 2 is 2.25 bits per heavy atom. The molecule has 0 bridgehead atoms. The summed E-state index contributed by atoms with van der Waals surface area (Å²) in [5.74, 6) is 1.96. The molecule has 0 aliphatic carbocycles. The van der Waals surface area contributed by atoms with Gasteiger partial charge in [0.25, 0.3) is 0 Å². The molecule has 5 nitrogen and oxygen atoms in total. The van der Waals surface area contributed by atoms with Gasteiger partial charge in [-0.15, -0.1) is 6.58 Å². The molecule has 1 saturated heterocycles. The fraction of sp³-hybridized carbons (Fsp3) is 0.526. The average molecular weight is 329 g/mol. The molecule has 2 aromatic rings. The fourth-order valence-electron chi connectivity index (χ4n) is 3.23. The number of hydrogen-bond donors (Lipinski definition) is 0. The van der Waals surface area contributed by atoms with Crippen molar-refractivity contribution < 1.29 is 9.15 Å². The second kappa shape index (κ2) is 7.81. The Labute approximate surface area is 143 Å². The molecule has 3 rings (SSSR count). The average Bonchev–Trinajstić information content (AvgIpc) is 3.24. The molecule has 1 aliphatic heterocycles. The van der Waals surface area contributed by atoms with E-state index < -0.39 is 0 Å². The summed E-state index contributed by atoms with van der Waals surface area (Å²) in [6.45, 7) is 12.0. The molecule has 0 spiro atoms. The summed E-state index contributed by atoms with van der Waals surface area (Å²) in [4.78, 5) is 2.40. The minimum absolute atomic E-state index is 0.324. The van der Waals surface area contributed by atoms with E-state index in [4.69, 9.17) is 9.15 Å². The van der Waals surface area contributed by atoms with Gasteiger partial charge in [0, 0.05) is 31.5 Å².